The SMILES string of the molecule is COc1cccc(C(=O)N[C@@H]2CCCN(c3ccc(-c4ccccc4S(C)(=O)=O)cc3F)C2=O)c1. The van der Waals surface area contributed by atoms with Gasteiger partial charge in [0.25, 0.3) is 5.91 Å². The summed E-state index contributed by atoms with van der Waals surface area (Å²) in [6.45, 7) is 0.306. The Morgan fingerprint density at radius 1 is 1.09 bits per heavy atom. The second-order valence-electron chi connectivity index (χ2n) is 8.32. The summed E-state index contributed by atoms with van der Waals surface area (Å²) in [5, 5.41) is 2.74. The molecule has 3 aromatic carbocycles. The molecule has 1 aliphatic rings. The van der Waals surface area contributed by atoms with Gasteiger partial charge in [0.05, 0.1) is 17.7 Å². The van der Waals surface area contributed by atoms with Crippen molar-refractivity contribution < 1.29 is 27.1 Å². The van der Waals surface area contributed by atoms with Crippen LogP contribution in [0.15, 0.2) is 71.6 Å². The van der Waals surface area contributed by atoms with E-state index in [0.717, 1.165) is 6.26 Å². The van der Waals surface area contributed by atoms with E-state index in [-0.39, 0.29) is 10.6 Å². The van der Waals surface area contributed by atoms with Gasteiger partial charge in [-0.1, -0.05) is 30.3 Å². The van der Waals surface area contributed by atoms with Gasteiger partial charge in [0.2, 0.25) is 5.91 Å². The Bertz CT molecular complexity index is 1390. The van der Waals surface area contributed by atoms with Crippen LogP contribution in [0, 0.1) is 5.82 Å². The molecule has 4 rings (SSSR count). The van der Waals surface area contributed by atoms with E-state index in [1.165, 1.54) is 30.2 Å². The Labute approximate surface area is 203 Å². The number of rotatable bonds is 6. The number of hydrogen-bond donors (Lipinski definition) is 1. The first kappa shape index (κ1) is 24.4. The molecule has 2 amide bonds. The maximum atomic E-state index is 15.2. The van der Waals surface area contributed by atoms with Crippen LogP contribution < -0.4 is 15.0 Å². The van der Waals surface area contributed by atoms with Gasteiger partial charge in [0, 0.05) is 23.9 Å². The lowest BCUT2D eigenvalue weighted by atomic mass is 10.0. The van der Waals surface area contributed by atoms with Gasteiger partial charge in [0.15, 0.2) is 9.84 Å². The summed E-state index contributed by atoms with van der Waals surface area (Å²) in [5.41, 5.74) is 1.21. The number of sulfone groups is 1. The molecular formula is C26H25FN2O5S. The number of amides is 2. The minimum absolute atomic E-state index is 0.0796. The number of halogens is 1. The largest absolute Gasteiger partial charge is 0.497 e. The number of piperidine rings is 1. The van der Waals surface area contributed by atoms with Crippen LogP contribution in [-0.4, -0.2) is 46.2 Å². The van der Waals surface area contributed by atoms with Gasteiger partial charge < -0.3 is 15.0 Å². The summed E-state index contributed by atoms with van der Waals surface area (Å²) < 4.78 is 44.6. The maximum absolute atomic E-state index is 15.2. The molecule has 0 bridgehead atoms. The van der Waals surface area contributed by atoms with Crippen molar-refractivity contribution in [2.24, 2.45) is 0 Å². The Hall–Kier alpha value is -3.72. The molecule has 1 fully saturated rings. The van der Waals surface area contributed by atoms with Gasteiger partial charge in [-0.05, 0) is 54.8 Å². The molecule has 9 heteroatoms. The summed E-state index contributed by atoms with van der Waals surface area (Å²) >= 11 is 0. The fourth-order valence-corrected chi connectivity index (χ4v) is 5.09. The van der Waals surface area contributed by atoms with Crippen molar-refractivity contribution >= 4 is 27.3 Å². The van der Waals surface area contributed by atoms with Crippen molar-refractivity contribution in [3.05, 3.63) is 78.1 Å². The van der Waals surface area contributed by atoms with Crippen molar-refractivity contribution in [3.8, 4) is 16.9 Å². The highest BCUT2D eigenvalue weighted by atomic mass is 32.2. The number of carbonyl (C=O) groups excluding carboxylic acids is 2. The van der Waals surface area contributed by atoms with E-state index in [4.69, 9.17) is 4.74 Å². The monoisotopic (exact) mass is 496 g/mol. The molecule has 0 aromatic heterocycles. The number of carbonyl (C=O) groups is 2. The third kappa shape index (κ3) is 5.19. The molecule has 0 saturated carbocycles. The van der Waals surface area contributed by atoms with Gasteiger partial charge >= 0.3 is 0 Å². The van der Waals surface area contributed by atoms with Gasteiger partial charge in [-0.25, -0.2) is 12.8 Å². The first-order chi connectivity index (χ1) is 16.7. The molecule has 1 atom stereocenters. The molecule has 182 valence electrons. The van der Waals surface area contributed by atoms with E-state index in [1.54, 1.807) is 48.5 Å². The Morgan fingerprint density at radius 2 is 1.86 bits per heavy atom. The predicted molar refractivity (Wildman–Crippen MR) is 131 cm³/mol. The van der Waals surface area contributed by atoms with Crippen molar-refractivity contribution in [1.82, 2.24) is 5.32 Å². The normalized spacial score (nSPS) is 16.1. The molecule has 0 aliphatic carbocycles. The maximum Gasteiger partial charge on any atom is 0.252 e. The average Bonchev–Trinajstić information content (AvgIpc) is 2.85. The van der Waals surface area contributed by atoms with Crippen LogP contribution in [-0.2, 0) is 14.6 Å². The van der Waals surface area contributed by atoms with E-state index >= 15 is 4.39 Å². The Balaban J connectivity index is 1.57. The highest BCUT2D eigenvalue weighted by Crippen LogP contribution is 2.32. The smallest absolute Gasteiger partial charge is 0.252 e. The van der Waals surface area contributed by atoms with Crippen molar-refractivity contribution in [2.45, 2.75) is 23.8 Å². The first-order valence-electron chi connectivity index (χ1n) is 11.0. The molecule has 0 unspecified atom stereocenters. The quantitative estimate of drug-likeness (QED) is 0.560. The number of methoxy groups -OCH3 is 1. The molecule has 7 nitrogen and oxygen atoms in total. The molecular weight excluding hydrogens is 471 g/mol. The van der Waals surface area contributed by atoms with Gasteiger partial charge in [-0.2, -0.15) is 0 Å². The first-order valence-corrected chi connectivity index (χ1v) is 12.9. The van der Waals surface area contributed by atoms with Crippen LogP contribution in [0.1, 0.15) is 23.2 Å². The summed E-state index contributed by atoms with van der Waals surface area (Å²) in [4.78, 5) is 27.3. The summed E-state index contributed by atoms with van der Waals surface area (Å²) in [6, 6.07) is 16.5. The fourth-order valence-electron chi connectivity index (χ4n) is 4.18. The second-order valence-corrected chi connectivity index (χ2v) is 10.3. The zero-order chi connectivity index (χ0) is 25.2. The average molecular weight is 497 g/mol. The van der Waals surface area contributed by atoms with E-state index in [2.05, 4.69) is 5.32 Å². The van der Waals surface area contributed by atoms with E-state index < -0.39 is 33.5 Å². The lowest BCUT2D eigenvalue weighted by molar-refractivity contribution is -0.121. The van der Waals surface area contributed by atoms with Crippen molar-refractivity contribution in [3.63, 3.8) is 0 Å². The van der Waals surface area contributed by atoms with Gasteiger partial charge in [-0.3, -0.25) is 9.59 Å². The van der Waals surface area contributed by atoms with E-state index in [0.29, 0.717) is 41.8 Å². The topological polar surface area (TPSA) is 92.8 Å². The van der Waals surface area contributed by atoms with Crippen LogP contribution in [0.3, 0.4) is 0 Å². The van der Waals surface area contributed by atoms with E-state index in [1.807, 2.05) is 0 Å². The number of ether oxygens (including phenoxy) is 1. The molecule has 3 aromatic rings. The van der Waals surface area contributed by atoms with Crippen molar-refractivity contribution in [1.29, 1.82) is 0 Å². The van der Waals surface area contributed by atoms with Crippen LogP contribution >= 0.6 is 0 Å². The standard InChI is InChI=1S/C26H25FN2O5S/c1-34-19-8-5-7-18(15-19)25(30)28-22-10-6-14-29(26(22)31)23-13-12-17(16-21(23)27)20-9-3-4-11-24(20)35(2,32)33/h3-5,7-9,11-13,15-16,22H,6,10,14H2,1-2H3,(H,28,30)/t22-/m1/s1. The van der Waals surface area contributed by atoms with Crippen molar-refractivity contribution in [2.75, 3.05) is 24.8 Å². The highest BCUT2D eigenvalue weighted by molar-refractivity contribution is 7.90. The highest BCUT2D eigenvalue weighted by Gasteiger charge is 2.32. The van der Waals surface area contributed by atoms with Crippen LogP contribution in [0.4, 0.5) is 10.1 Å². The minimum atomic E-state index is -3.52. The Morgan fingerprint density at radius 3 is 2.57 bits per heavy atom. The zero-order valence-electron chi connectivity index (χ0n) is 19.3. The van der Waals surface area contributed by atoms with Gasteiger partial charge in [-0.15, -0.1) is 0 Å². The summed E-state index contributed by atoms with van der Waals surface area (Å²) in [5.74, 6) is -0.958. The molecule has 1 heterocycles. The third-order valence-electron chi connectivity index (χ3n) is 5.91. The number of hydrogen-bond acceptors (Lipinski definition) is 5. The Kier molecular flexibility index (Phi) is 6.88. The fraction of sp³-hybridized carbons (Fsp3) is 0.231. The molecule has 35 heavy (non-hydrogen) atoms. The minimum Gasteiger partial charge on any atom is -0.497 e. The number of nitrogens with one attached hydrogen (secondary N) is 1. The third-order valence-corrected chi connectivity index (χ3v) is 7.07. The number of nitrogens with zero attached hydrogens (tertiary/aromatic N) is 1. The lowest BCUT2D eigenvalue weighted by Gasteiger charge is -2.33. The zero-order valence-corrected chi connectivity index (χ0v) is 20.1. The number of anilines is 1. The van der Waals surface area contributed by atoms with Crippen LogP contribution in [0.2, 0.25) is 0 Å². The summed E-state index contributed by atoms with van der Waals surface area (Å²) in [7, 11) is -2.02. The second kappa shape index (κ2) is 9.87. The van der Waals surface area contributed by atoms with Crippen LogP contribution in [0.5, 0.6) is 5.75 Å². The molecule has 1 saturated heterocycles. The molecule has 0 radical (unpaired) electrons. The number of benzene rings is 3. The molecule has 1 aliphatic heterocycles. The molecule has 0 spiro atoms. The van der Waals surface area contributed by atoms with Crippen LogP contribution in [0.25, 0.3) is 11.1 Å². The van der Waals surface area contributed by atoms with Gasteiger partial charge in [0.1, 0.15) is 17.6 Å². The predicted octanol–water partition coefficient (Wildman–Crippen LogP) is 3.83. The lowest BCUT2D eigenvalue weighted by Crippen LogP contribution is -2.52. The summed E-state index contributed by atoms with van der Waals surface area (Å²) in [6.07, 6.45) is 2.11. The van der Waals surface area contributed by atoms with E-state index in [9.17, 15) is 18.0 Å². The molecule has 1 N–H and O–H groups in total.